The first kappa shape index (κ1) is 12.7. The Balaban J connectivity index is 2.12. The minimum atomic E-state index is 0.804. The van der Waals surface area contributed by atoms with E-state index >= 15 is 0 Å². The molecule has 0 saturated carbocycles. The van der Waals surface area contributed by atoms with Crippen LogP contribution in [0, 0.1) is 19.8 Å². The topological polar surface area (TPSA) is 26.0 Å². The number of aryl methyl sites for hydroxylation is 2. The van der Waals surface area contributed by atoms with Crippen LogP contribution in [0.5, 0.6) is 0 Å². The van der Waals surface area contributed by atoms with Gasteiger partial charge >= 0.3 is 0 Å². The monoisotopic (exact) mass is 271 g/mol. The predicted octanol–water partition coefficient (Wildman–Crippen LogP) is 4.74. The number of nitrogen functional groups attached to an aromatic ring is 1. The van der Waals surface area contributed by atoms with Crippen LogP contribution in [-0.2, 0) is 12.8 Å². The van der Waals surface area contributed by atoms with Crippen LogP contribution >= 0.6 is 11.3 Å². The third-order valence-electron chi connectivity index (χ3n) is 4.33. The second kappa shape index (κ2) is 4.68. The van der Waals surface area contributed by atoms with Gasteiger partial charge in [-0.05, 0) is 61.3 Å². The summed E-state index contributed by atoms with van der Waals surface area (Å²) in [6.07, 6.45) is 3.68. The van der Waals surface area contributed by atoms with Crippen LogP contribution in [0.15, 0.2) is 18.2 Å². The Labute approximate surface area is 119 Å². The summed E-state index contributed by atoms with van der Waals surface area (Å²) in [6.45, 7) is 6.68. The van der Waals surface area contributed by atoms with Crippen molar-refractivity contribution in [3.05, 3.63) is 39.8 Å². The Morgan fingerprint density at radius 2 is 2.00 bits per heavy atom. The fraction of sp³-hybridized carbons (Fsp3) is 0.412. The summed E-state index contributed by atoms with van der Waals surface area (Å²) in [5.74, 6) is 0.804. The first-order valence-electron chi connectivity index (χ1n) is 7.04. The molecule has 1 unspecified atom stereocenters. The van der Waals surface area contributed by atoms with Crippen LogP contribution in [0.3, 0.4) is 0 Å². The molecule has 1 aliphatic rings. The van der Waals surface area contributed by atoms with E-state index < -0.39 is 0 Å². The Kier molecular flexibility index (Phi) is 3.14. The molecule has 0 saturated heterocycles. The third-order valence-corrected chi connectivity index (χ3v) is 5.42. The van der Waals surface area contributed by atoms with Crippen molar-refractivity contribution in [3.63, 3.8) is 0 Å². The molecule has 0 radical (unpaired) electrons. The zero-order chi connectivity index (χ0) is 13.6. The first-order valence-corrected chi connectivity index (χ1v) is 7.85. The van der Waals surface area contributed by atoms with E-state index in [2.05, 4.69) is 39.0 Å². The summed E-state index contributed by atoms with van der Waals surface area (Å²) in [5.41, 5.74) is 13.1. The average Bonchev–Trinajstić information content (AvgIpc) is 2.68. The molecule has 2 N–H and O–H groups in total. The maximum absolute atomic E-state index is 6.31. The highest BCUT2D eigenvalue weighted by Gasteiger charge is 2.23. The van der Waals surface area contributed by atoms with Gasteiger partial charge in [0.25, 0.3) is 0 Å². The molecule has 0 spiro atoms. The fourth-order valence-corrected chi connectivity index (χ4v) is 4.29. The molecule has 2 aromatic rings. The lowest BCUT2D eigenvalue weighted by Gasteiger charge is -2.19. The van der Waals surface area contributed by atoms with Gasteiger partial charge in [-0.25, -0.2) is 0 Å². The van der Waals surface area contributed by atoms with Crippen molar-refractivity contribution in [2.24, 2.45) is 5.92 Å². The van der Waals surface area contributed by atoms with E-state index in [1.54, 1.807) is 11.3 Å². The second-order valence-electron chi connectivity index (χ2n) is 5.89. The van der Waals surface area contributed by atoms with Crippen molar-refractivity contribution >= 4 is 16.3 Å². The zero-order valence-corrected chi connectivity index (χ0v) is 12.7. The first-order chi connectivity index (χ1) is 9.06. The Bertz CT molecular complexity index is 624. The van der Waals surface area contributed by atoms with Gasteiger partial charge in [0.15, 0.2) is 0 Å². The molecule has 100 valence electrons. The van der Waals surface area contributed by atoms with Gasteiger partial charge in [-0.3, -0.25) is 0 Å². The number of hydrogen-bond acceptors (Lipinski definition) is 2. The van der Waals surface area contributed by atoms with E-state index in [1.165, 1.54) is 52.0 Å². The summed E-state index contributed by atoms with van der Waals surface area (Å²) in [5, 5.41) is 1.00. The quantitative estimate of drug-likeness (QED) is 0.796. The number of hydrogen-bond donors (Lipinski definition) is 1. The summed E-state index contributed by atoms with van der Waals surface area (Å²) in [7, 11) is 0. The Morgan fingerprint density at radius 1 is 1.21 bits per heavy atom. The number of fused-ring (bicyclic) bond motifs is 1. The summed E-state index contributed by atoms with van der Waals surface area (Å²) in [4.78, 5) is 1.52. The molecule has 1 aromatic carbocycles. The van der Waals surface area contributed by atoms with Gasteiger partial charge in [-0.2, -0.15) is 0 Å². The van der Waals surface area contributed by atoms with E-state index in [0.717, 1.165) is 10.9 Å². The van der Waals surface area contributed by atoms with Gasteiger partial charge in [0, 0.05) is 10.4 Å². The summed E-state index contributed by atoms with van der Waals surface area (Å²) in [6, 6.07) is 6.71. The van der Waals surface area contributed by atoms with Crippen molar-refractivity contribution in [1.29, 1.82) is 0 Å². The van der Waals surface area contributed by atoms with Crippen LogP contribution in [0.4, 0.5) is 5.00 Å². The minimum Gasteiger partial charge on any atom is -0.390 e. The minimum absolute atomic E-state index is 0.804. The molecular formula is C17H21NS. The van der Waals surface area contributed by atoms with Crippen LogP contribution in [0.25, 0.3) is 11.1 Å². The molecule has 0 fully saturated rings. The normalized spacial score (nSPS) is 18.4. The number of thiophene rings is 1. The molecule has 3 rings (SSSR count). The Morgan fingerprint density at radius 3 is 2.74 bits per heavy atom. The number of anilines is 1. The van der Waals surface area contributed by atoms with Crippen molar-refractivity contribution in [2.75, 3.05) is 5.73 Å². The van der Waals surface area contributed by atoms with Gasteiger partial charge in [0.05, 0.1) is 5.00 Å². The molecule has 0 aliphatic heterocycles. The molecule has 1 nitrogen and oxygen atoms in total. The summed E-state index contributed by atoms with van der Waals surface area (Å²) >= 11 is 1.80. The number of benzene rings is 1. The van der Waals surface area contributed by atoms with Crippen LogP contribution in [-0.4, -0.2) is 0 Å². The average molecular weight is 271 g/mol. The molecule has 1 heterocycles. The molecule has 19 heavy (non-hydrogen) atoms. The molecule has 2 heteroatoms. The van der Waals surface area contributed by atoms with Gasteiger partial charge in [-0.1, -0.05) is 25.1 Å². The number of nitrogens with two attached hydrogens (primary N) is 1. The van der Waals surface area contributed by atoms with E-state index in [1.807, 2.05) is 0 Å². The SMILES string of the molecule is Cc1ccc(-c2c(N)sc3c2CCC(C)C3)cc1C. The lowest BCUT2D eigenvalue weighted by molar-refractivity contribution is 0.508. The maximum atomic E-state index is 6.31. The van der Waals surface area contributed by atoms with Crippen LogP contribution in [0.2, 0.25) is 0 Å². The largest absolute Gasteiger partial charge is 0.390 e. The highest BCUT2D eigenvalue weighted by Crippen LogP contribution is 2.43. The van der Waals surface area contributed by atoms with Crippen LogP contribution in [0.1, 0.15) is 34.9 Å². The van der Waals surface area contributed by atoms with Crippen molar-refractivity contribution in [3.8, 4) is 11.1 Å². The molecule has 0 bridgehead atoms. The predicted molar refractivity (Wildman–Crippen MR) is 84.8 cm³/mol. The van der Waals surface area contributed by atoms with Crippen molar-refractivity contribution in [2.45, 2.75) is 40.0 Å². The zero-order valence-electron chi connectivity index (χ0n) is 11.9. The van der Waals surface area contributed by atoms with Crippen LogP contribution < -0.4 is 5.73 Å². The van der Waals surface area contributed by atoms with Crippen molar-refractivity contribution in [1.82, 2.24) is 0 Å². The molecular weight excluding hydrogens is 250 g/mol. The van der Waals surface area contributed by atoms with Crippen molar-refractivity contribution < 1.29 is 0 Å². The molecule has 1 aromatic heterocycles. The summed E-state index contributed by atoms with van der Waals surface area (Å²) < 4.78 is 0. The molecule has 0 amide bonds. The second-order valence-corrected chi connectivity index (χ2v) is 7.03. The van der Waals surface area contributed by atoms with Gasteiger partial charge in [0.2, 0.25) is 0 Å². The third kappa shape index (κ3) is 2.18. The van der Waals surface area contributed by atoms with Gasteiger partial charge < -0.3 is 5.73 Å². The van der Waals surface area contributed by atoms with E-state index in [4.69, 9.17) is 5.73 Å². The maximum Gasteiger partial charge on any atom is 0.0941 e. The van der Waals surface area contributed by atoms with E-state index in [9.17, 15) is 0 Å². The molecule has 1 aliphatic carbocycles. The van der Waals surface area contributed by atoms with Gasteiger partial charge in [-0.15, -0.1) is 11.3 Å². The standard InChI is InChI=1S/C17H21NS/c1-10-4-7-14-15(8-10)19-17(18)16(14)13-6-5-11(2)12(3)9-13/h5-6,9-10H,4,7-8,18H2,1-3H3. The number of rotatable bonds is 1. The highest BCUT2D eigenvalue weighted by atomic mass is 32.1. The Hall–Kier alpha value is -1.28. The highest BCUT2D eigenvalue weighted by molar-refractivity contribution is 7.16. The van der Waals surface area contributed by atoms with E-state index in [0.29, 0.717) is 0 Å². The lowest BCUT2D eigenvalue weighted by atomic mass is 9.86. The molecule has 1 atom stereocenters. The van der Waals surface area contributed by atoms with E-state index in [-0.39, 0.29) is 0 Å². The lowest BCUT2D eigenvalue weighted by Crippen LogP contribution is -2.09. The smallest absolute Gasteiger partial charge is 0.0941 e. The fourth-order valence-electron chi connectivity index (χ4n) is 2.99. The van der Waals surface area contributed by atoms with Gasteiger partial charge in [0.1, 0.15) is 0 Å².